The Bertz CT molecular complexity index is 1150. The van der Waals surface area contributed by atoms with Crippen LogP contribution in [0.5, 0.6) is 0 Å². The molecule has 1 saturated heterocycles. The standard InChI is InChI=1S/C32H39N3O2/c1-24(2)30-23-35(32(37)31(36)34(30)19-18-26-16-14-25(3)15-17-26)29(20-27-10-6-4-7-11-27)22-33-21-28-12-8-5-9-13-28/h4-17,24,29-30,33H,18-23H2,1-3H3/t29-,30+/m0/s1. The Morgan fingerprint density at radius 3 is 2.05 bits per heavy atom. The average Bonchev–Trinajstić information content (AvgIpc) is 2.91. The second-order valence-electron chi connectivity index (χ2n) is 10.5. The van der Waals surface area contributed by atoms with Crippen LogP contribution in [0.25, 0.3) is 0 Å². The van der Waals surface area contributed by atoms with Crippen LogP contribution < -0.4 is 5.32 Å². The third-order valence-corrected chi connectivity index (χ3v) is 7.33. The van der Waals surface area contributed by atoms with Crippen LogP contribution in [0.2, 0.25) is 0 Å². The van der Waals surface area contributed by atoms with Gasteiger partial charge in [0.25, 0.3) is 0 Å². The van der Waals surface area contributed by atoms with E-state index >= 15 is 0 Å². The van der Waals surface area contributed by atoms with Crippen molar-refractivity contribution in [3.63, 3.8) is 0 Å². The molecule has 0 radical (unpaired) electrons. The van der Waals surface area contributed by atoms with Gasteiger partial charge in [-0.1, -0.05) is 104 Å². The van der Waals surface area contributed by atoms with Gasteiger partial charge in [0.1, 0.15) is 0 Å². The summed E-state index contributed by atoms with van der Waals surface area (Å²) in [5, 5.41) is 3.54. The Morgan fingerprint density at radius 2 is 1.43 bits per heavy atom. The summed E-state index contributed by atoms with van der Waals surface area (Å²) in [4.78, 5) is 30.7. The predicted molar refractivity (Wildman–Crippen MR) is 149 cm³/mol. The lowest BCUT2D eigenvalue weighted by molar-refractivity contribution is -0.162. The quantitative estimate of drug-likeness (QED) is 0.393. The van der Waals surface area contributed by atoms with E-state index in [4.69, 9.17) is 0 Å². The molecule has 1 aliphatic rings. The number of nitrogens with zero attached hydrogens (tertiary/aromatic N) is 2. The molecule has 194 valence electrons. The molecule has 4 rings (SSSR count). The third kappa shape index (κ3) is 7.07. The van der Waals surface area contributed by atoms with Gasteiger partial charge in [-0.25, -0.2) is 0 Å². The van der Waals surface area contributed by atoms with E-state index in [1.54, 1.807) is 0 Å². The van der Waals surface area contributed by atoms with Crippen LogP contribution in [-0.4, -0.2) is 53.3 Å². The van der Waals surface area contributed by atoms with Gasteiger partial charge in [0.2, 0.25) is 0 Å². The monoisotopic (exact) mass is 497 g/mol. The molecule has 5 nitrogen and oxygen atoms in total. The fraction of sp³-hybridized carbons (Fsp3) is 0.375. The molecule has 3 aromatic carbocycles. The lowest BCUT2D eigenvalue weighted by atomic mass is 9.95. The number of benzene rings is 3. The van der Waals surface area contributed by atoms with Crippen molar-refractivity contribution >= 4 is 11.8 Å². The number of carbonyl (C=O) groups is 2. The Balaban J connectivity index is 1.50. The second-order valence-corrected chi connectivity index (χ2v) is 10.5. The first-order valence-corrected chi connectivity index (χ1v) is 13.4. The van der Waals surface area contributed by atoms with Crippen LogP contribution in [0.3, 0.4) is 0 Å². The minimum Gasteiger partial charge on any atom is -0.329 e. The summed E-state index contributed by atoms with van der Waals surface area (Å²) in [6, 6.07) is 28.8. The second kappa shape index (κ2) is 12.7. The molecule has 0 saturated carbocycles. The minimum atomic E-state index is -0.386. The van der Waals surface area contributed by atoms with Crippen molar-refractivity contribution in [1.29, 1.82) is 0 Å². The number of hydrogen-bond acceptors (Lipinski definition) is 3. The largest absolute Gasteiger partial charge is 0.329 e. The molecule has 3 aromatic rings. The Labute approximate surface area is 221 Å². The lowest BCUT2D eigenvalue weighted by Crippen LogP contribution is -2.64. The molecule has 1 aliphatic heterocycles. The van der Waals surface area contributed by atoms with E-state index < -0.39 is 0 Å². The van der Waals surface area contributed by atoms with E-state index in [0.29, 0.717) is 26.1 Å². The molecule has 1 N–H and O–H groups in total. The first-order valence-electron chi connectivity index (χ1n) is 13.4. The van der Waals surface area contributed by atoms with E-state index in [0.717, 1.165) is 18.5 Å². The van der Waals surface area contributed by atoms with Crippen molar-refractivity contribution in [3.05, 3.63) is 107 Å². The van der Waals surface area contributed by atoms with Crippen molar-refractivity contribution in [3.8, 4) is 0 Å². The van der Waals surface area contributed by atoms with Gasteiger partial charge in [0.05, 0.1) is 6.04 Å². The molecule has 0 bridgehead atoms. The summed E-state index contributed by atoms with van der Waals surface area (Å²) in [6.07, 6.45) is 1.45. The summed E-state index contributed by atoms with van der Waals surface area (Å²) in [6.45, 7) is 8.81. The highest BCUT2D eigenvalue weighted by Gasteiger charge is 2.42. The summed E-state index contributed by atoms with van der Waals surface area (Å²) in [5.41, 5.74) is 4.76. The maximum Gasteiger partial charge on any atom is 0.312 e. The fourth-order valence-electron chi connectivity index (χ4n) is 5.09. The number of piperazine rings is 1. The third-order valence-electron chi connectivity index (χ3n) is 7.33. The van der Waals surface area contributed by atoms with Gasteiger partial charge in [-0.3, -0.25) is 9.59 Å². The van der Waals surface area contributed by atoms with E-state index in [1.165, 1.54) is 16.7 Å². The molecule has 0 aliphatic carbocycles. The van der Waals surface area contributed by atoms with Crippen molar-refractivity contribution < 1.29 is 9.59 Å². The van der Waals surface area contributed by atoms with Gasteiger partial charge in [-0.2, -0.15) is 0 Å². The summed E-state index contributed by atoms with van der Waals surface area (Å²) in [7, 11) is 0. The number of nitrogens with one attached hydrogen (secondary N) is 1. The maximum atomic E-state index is 13.5. The van der Waals surface area contributed by atoms with Crippen LogP contribution in [0.1, 0.15) is 36.1 Å². The maximum absolute atomic E-state index is 13.5. The first kappa shape index (κ1) is 26.6. The minimum absolute atomic E-state index is 0.0111. The summed E-state index contributed by atoms with van der Waals surface area (Å²) >= 11 is 0. The Morgan fingerprint density at radius 1 is 0.811 bits per heavy atom. The molecule has 2 amide bonds. The number of aryl methyl sites for hydroxylation is 1. The molecule has 0 spiro atoms. The topological polar surface area (TPSA) is 52.7 Å². The fourth-order valence-corrected chi connectivity index (χ4v) is 5.09. The summed E-state index contributed by atoms with van der Waals surface area (Å²) < 4.78 is 0. The van der Waals surface area contributed by atoms with Crippen LogP contribution in [-0.2, 0) is 29.0 Å². The number of hydrogen-bond donors (Lipinski definition) is 1. The number of amides is 2. The van der Waals surface area contributed by atoms with E-state index in [9.17, 15) is 9.59 Å². The predicted octanol–water partition coefficient (Wildman–Crippen LogP) is 4.63. The average molecular weight is 498 g/mol. The van der Waals surface area contributed by atoms with Crippen LogP contribution in [0, 0.1) is 12.8 Å². The molecule has 5 heteroatoms. The van der Waals surface area contributed by atoms with Gasteiger partial charge < -0.3 is 15.1 Å². The van der Waals surface area contributed by atoms with Gasteiger partial charge in [-0.05, 0) is 42.4 Å². The highest BCUT2D eigenvalue weighted by molar-refractivity contribution is 6.35. The zero-order chi connectivity index (χ0) is 26.2. The SMILES string of the molecule is Cc1ccc(CCN2C(=O)C(=O)N([C@H](CNCc3ccccc3)Cc3ccccc3)C[C@@H]2C(C)C)cc1. The molecule has 37 heavy (non-hydrogen) atoms. The van der Waals surface area contributed by atoms with E-state index in [1.807, 2.05) is 46.2 Å². The highest BCUT2D eigenvalue weighted by atomic mass is 16.2. The molecule has 2 atom stereocenters. The Hall–Kier alpha value is -3.44. The number of rotatable bonds is 11. The van der Waals surface area contributed by atoms with Crippen molar-refractivity contribution in [2.75, 3.05) is 19.6 Å². The Kier molecular flexibility index (Phi) is 9.13. The molecular formula is C32H39N3O2. The normalized spacial score (nSPS) is 16.9. The zero-order valence-electron chi connectivity index (χ0n) is 22.3. The summed E-state index contributed by atoms with van der Waals surface area (Å²) in [5.74, 6) is -0.520. The highest BCUT2D eigenvalue weighted by Crippen LogP contribution is 2.23. The van der Waals surface area contributed by atoms with Crippen molar-refractivity contribution in [1.82, 2.24) is 15.1 Å². The van der Waals surface area contributed by atoms with E-state index in [-0.39, 0.29) is 29.8 Å². The first-order chi connectivity index (χ1) is 17.9. The smallest absolute Gasteiger partial charge is 0.312 e. The van der Waals surface area contributed by atoms with Gasteiger partial charge in [0, 0.05) is 32.2 Å². The molecule has 1 fully saturated rings. The lowest BCUT2D eigenvalue weighted by Gasteiger charge is -2.45. The van der Waals surface area contributed by atoms with Crippen LogP contribution in [0.15, 0.2) is 84.9 Å². The van der Waals surface area contributed by atoms with Gasteiger partial charge in [0.15, 0.2) is 0 Å². The van der Waals surface area contributed by atoms with Crippen molar-refractivity contribution in [2.45, 2.75) is 52.2 Å². The zero-order valence-corrected chi connectivity index (χ0v) is 22.3. The van der Waals surface area contributed by atoms with Crippen LogP contribution in [0.4, 0.5) is 0 Å². The van der Waals surface area contributed by atoms with Crippen molar-refractivity contribution in [2.24, 2.45) is 5.92 Å². The molecule has 0 unspecified atom stereocenters. The molecule has 1 heterocycles. The molecule has 0 aromatic heterocycles. The van der Waals surface area contributed by atoms with Gasteiger partial charge in [-0.15, -0.1) is 0 Å². The van der Waals surface area contributed by atoms with Gasteiger partial charge >= 0.3 is 11.8 Å². The number of carbonyl (C=O) groups excluding carboxylic acids is 2. The van der Waals surface area contributed by atoms with E-state index in [2.05, 4.69) is 74.6 Å². The molecular weight excluding hydrogens is 458 g/mol. The van der Waals surface area contributed by atoms with Crippen LogP contribution >= 0.6 is 0 Å².